The summed E-state index contributed by atoms with van der Waals surface area (Å²) in [5, 5.41) is 12.5. The van der Waals surface area contributed by atoms with Crippen LogP contribution in [0.3, 0.4) is 0 Å². The van der Waals surface area contributed by atoms with Gasteiger partial charge in [0.05, 0.1) is 14.2 Å². The second-order valence-electron chi connectivity index (χ2n) is 6.10. The van der Waals surface area contributed by atoms with E-state index in [1.807, 2.05) is 24.3 Å². The monoisotopic (exact) mass is 384 g/mol. The fourth-order valence-corrected chi connectivity index (χ4v) is 2.77. The predicted octanol–water partition coefficient (Wildman–Crippen LogP) is 3.88. The minimum atomic E-state index is 0.259. The van der Waals surface area contributed by atoms with Crippen LogP contribution in [0.1, 0.15) is 37.4 Å². The molecule has 2 aromatic rings. The number of hydrogen-bond donors (Lipinski definition) is 1. The van der Waals surface area contributed by atoms with E-state index < -0.39 is 0 Å². The molecular formula is C21H28N4O3. The minimum absolute atomic E-state index is 0.259. The first-order valence-electron chi connectivity index (χ1n) is 9.42. The second kappa shape index (κ2) is 11.0. The summed E-state index contributed by atoms with van der Waals surface area (Å²) in [6.07, 6.45) is 4.53. The van der Waals surface area contributed by atoms with Crippen molar-refractivity contribution >= 4 is 18.0 Å². The van der Waals surface area contributed by atoms with Gasteiger partial charge in [0, 0.05) is 12.6 Å². The Hall–Kier alpha value is -2.98. The number of methoxy groups -OCH3 is 2. The molecule has 1 aromatic heterocycles. The molecular weight excluding hydrogens is 356 g/mol. The molecule has 1 aromatic carbocycles. The molecule has 1 N–H and O–H groups in total. The normalized spacial score (nSPS) is 11.0. The van der Waals surface area contributed by atoms with Crippen LogP contribution >= 0.6 is 0 Å². The fourth-order valence-electron chi connectivity index (χ4n) is 2.77. The van der Waals surface area contributed by atoms with Crippen molar-refractivity contribution in [3.05, 3.63) is 35.3 Å². The van der Waals surface area contributed by atoms with Crippen LogP contribution in [0.2, 0.25) is 0 Å². The van der Waals surface area contributed by atoms with Gasteiger partial charge in [0.25, 0.3) is 0 Å². The third kappa shape index (κ3) is 5.76. The van der Waals surface area contributed by atoms with Crippen LogP contribution in [-0.4, -0.2) is 50.3 Å². The number of anilines is 1. The number of nitriles is 1. The lowest BCUT2D eigenvalue weighted by atomic mass is 10.2. The van der Waals surface area contributed by atoms with Crippen LogP contribution < -0.4 is 14.8 Å². The number of ether oxygens (including phenoxy) is 2. The van der Waals surface area contributed by atoms with Crippen molar-refractivity contribution in [1.82, 2.24) is 9.88 Å². The molecule has 28 heavy (non-hydrogen) atoms. The van der Waals surface area contributed by atoms with Gasteiger partial charge in [-0.2, -0.15) is 10.2 Å². The average molecular weight is 384 g/mol. The molecule has 0 aliphatic carbocycles. The first kappa shape index (κ1) is 21.3. The van der Waals surface area contributed by atoms with Gasteiger partial charge in [-0.1, -0.05) is 19.9 Å². The van der Waals surface area contributed by atoms with Gasteiger partial charge >= 0.3 is 0 Å². The van der Waals surface area contributed by atoms with Crippen LogP contribution in [0, 0.1) is 11.3 Å². The zero-order valence-corrected chi connectivity index (χ0v) is 17.0. The minimum Gasteiger partial charge on any atom is -0.493 e. The molecule has 150 valence electrons. The summed E-state index contributed by atoms with van der Waals surface area (Å²) < 4.78 is 16.2. The molecule has 0 atom stereocenters. The van der Waals surface area contributed by atoms with Crippen molar-refractivity contribution < 1.29 is 13.9 Å². The van der Waals surface area contributed by atoms with Gasteiger partial charge in [0.1, 0.15) is 6.07 Å². The lowest BCUT2D eigenvalue weighted by molar-refractivity contribution is 0.302. The molecule has 0 saturated carbocycles. The number of nitrogens with zero attached hydrogens (tertiary/aromatic N) is 3. The Morgan fingerprint density at radius 1 is 1.18 bits per heavy atom. The zero-order chi connectivity index (χ0) is 20.4. The van der Waals surface area contributed by atoms with Crippen molar-refractivity contribution in [1.29, 1.82) is 5.26 Å². The summed E-state index contributed by atoms with van der Waals surface area (Å²) in [4.78, 5) is 6.57. The summed E-state index contributed by atoms with van der Waals surface area (Å²) in [7, 11) is 3.19. The Morgan fingerprint density at radius 3 is 2.57 bits per heavy atom. The lowest BCUT2D eigenvalue weighted by Crippen LogP contribution is -2.25. The Labute approximate surface area is 166 Å². The summed E-state index contributed by atoms with van der Waals surface area (Å²) in [6, 6.07) is 7.66. The number of oxazole rings is 1. The highest BCUT2D eigenvalue weighted by molar-refractivity contribution is 5.68. The molecule has 7 nitrogen and oxygen atoms in total. The summed E-state index contributed by atoms with van der Waals surface area (Å²) in [6.45, 7) is 8.10. The highest BCUT2D eigenvalue weighted by Gasteiger charge is 2.11. The van der Waals surface area contributed by atoms with Crippen molar-refractivity contribution in [3.63, 3.8) is 0 Å². The van der Waals surface area contributed by atoms with E-state index in [-0.39, 0.29) is 5.69 Å². The molecule has 1 heterocycles. The van der Waals surface area contributed by atoms with Gasteiger partial charge in [-0.25, -0.2) is 0 Å². The van der Waals surface area contributed by atoms with Gasteiger partial charge in [0.2, 0.25) is 17.5 Å². The molecule has 2 rings (SSSR count). The highest BCUT2D eigenvalue weighted by Crippen LogP contribution is 2.28. The van der Waals surface area contributed by atoms with Crippen LogP contribution in [0.25, 0.3) is 12.2 Å². The summed E-state index contributed by atoms with van der Waals surface area (Å²) in [5.41, 5.74) is 1.16. The first-order valence-corrected chi connectivity index (χ1v) is 9.42. The Morgan fingerprint density at radius 2 is 1.93 bits per heavy atom. The molecule has 0 aliphatic heterocycles. The maximum Gasteiger partial charge on any atom is 0.232 e. The van der Waals surface area contributed by atoms with Gasteiger partial charge < -0.3 is 24.1 Å². The maximum atomic E-state index is 9.29. The molecule has 0 bridgehead atoms. The topological polar surface area (TPSA) is 83.6 Å². The third-order valence-corrected chi connectivity index (χ3v) is 4.41. The van der Waals surface area contributed by atoms with E-state index in [1.54, 1.807) is 20.3 Å². The molecule has 0 saturated heterocycles. The lowest BCUT2D eigenvalue weighted by Gasteiger charge is -2.17. The molecule has 0 spiro atoms. The van der Waals surface area contributed by atoms with Crippen molar-refractivity contribution in [2.75, 3.05) is 45.7 Å². The molecule has 0 fully saturated rings. The van der Waals surface area contributed by atoms with E-state index in [0.29, 0.717) is 23.3 Å². The number of benzene rings is 1. The molecule has 0 radical (unpaired) electrons. The number of hydrogen-bond acceptors (Lipinski definition) is 7. The van der Waals surface area contributed by atoms with Crippen LogP contribution in [0.4, 0.5) is 5.88 Å². The molecule has 0 aliphatic rings. The van der Waals surface area contributed by atoms with E-state index in [0.717, 1.165) is 38.2 Å². The molecule has 0 unspecified atom stereocenters. The van der Waals surface area contributed by atoms with E-state index in [4.69, 9.17) is 13.9 Å². The Bertz CT molecular complexity index is 820. The Kier molecular flexibility index (Phi) is 8.37. The zero-order valence-electron chi connectivity index (χ0n) is 17.0. The van der Waals surface area contributed by atoms with E-state index >= 15 is 0 Å². The van der Waals surface area contributed by atoms with E-state index in [2.05, 4.69) is 35.1 Å². The van der Waals surface area contributed by atoms with Crippen molar-refractivity contribution in [3.8, 4) is 17.6 Å². The third-order valence-electron chi connectivity index (χ3n) is 4.41. The number of aromatic nitrogens is 1. The smallest absolute Gasteiger partial charge is 0.232 e. The van der Waals surface area contributed by atoms with Gasteiger partial charge in [0.15, 0.2) is 11.5 Å². The maximum absolute atomic E-state index is 9.29. The van der Waals surface area contributed by atoms with E-state index in [9.17, 15) is 5.26 Å². The fraction of sp³-hybridized carbons (Fsp3) is 0.429. The predicted molar refractivity (Wildman–Crippen MR) is 111 cm³/mol. The summed E-state index contributed by atoms with van der Waals surface area (Å²) >= 11 is 0. The Balaban J connectivity index is 2.01. The number of rotatable bonds is 11. The number of nitrogens with one attached hydrogen (secondary N) is 1. The van der Waals surface area contributed by atoms with Crippen LogP contribution in [-0.2, 0) is 0 Å². The molecule has 7 heteroatoms. The average Bonchev–Trinajstić information content (AvgIpc) is 3.14. The van der Waals surface area contributed by atoms with Crippen LogP contribution in [0.15, 0.2) is 22.6 Å². The standard InChI is InChI=1S/C21H28N4O3/c1-5-25(6-2)13-7-12-23-21-17(15-22)24-20(28-21)11-9-16-8-10-18(26-3)19(14-16)27-4/h8-11,14,23H,5-7,12-13H2,1-4H3/b11-9+. The molecule has 0 amide bonds. The van der Waals surface area contributed by atoms with Gasteiger partial charge in [-0.05, 0) is 49.8 Å². The van der Waals surface area contributed by atoms with Crippen molar-refractivity contribution in [2.24, 2.45) is 0 Å². The van der Waals surface area contributed by atoms with E-state index in [1.165, 1.54) is 0 Å². The SMILES string of the molecule is CCN(CC)CCCNc1oc(/C=C/c2ccc(OC)c(OC)c2)nc1C#N. The van der Waals surface area contributed by atoms with Gasteiger partial charge in [-0.3, -0.25) is 0 Å². The summed E-state index contributed by atoms with van der Waals surface area (Å²) in [5.74, 6) is 2.09. The van der Waals surface area contributed by atoms with Crippen LogP contribution in [0.5, 0.6) is 11.5 Å². The quantitative estimate of drug-likeness (QED) is 0.589. The van der Waals surface area contributed by atoms with Gasteiger partial charge in [-0.15, -0.1) is 0 Å². The largest absolute Gasteiger partial charge is 0.493 e. The first-order chi connectivity index (χ1) is 13.6. The second-order valence-corrected chi connectivity index (χ2v) is 6.10. The van der Waals surface area contributed by atoms with Crippen molar-refractivity contribution in [2.45, 2.75) is 20.3 Å². The highest BCUT2D eigenvalue weighted by atomic mass is 16.5.